The zero-order valence-corrected chi connectivity index (χ0v) is 8.07. The minimum atomic E-state index is 0.0599. The fourth-order valence-electron chi connectivity index (χ4n) is 0.658. The Morgan fingerprint density at radius 3 is 2.23 bits per heavy atom. The highest BCUT2D eigenvalue weighted by atomic mass is 16.5. The van der Waals surface area contributed by atoms with Crippen molar-refractivity contribution in [1.29, 1.82) is 0 Å². The van der Waals surface area contributed by atoms with Crippen molar-refractivity contribution in [1.82, 2.24) is 0 Å². The van der Waals surface area contributed by atoms with Gasteiger partial charge in [0.15, 0.2) is 0 Å². The maximum Gasteiger partial charge on any atom is 0.111 e. The Kier molecular flexibility index (Phi) is 10.9. The van der Waals surface area contributed by atoms with Crippen LogP contribution in [-0.2, 0) is 14.2 Å². The van der Waals surface area contributed by atoms with Gasteiger partial charge in [-0.2, -0.15) is 0 Å². The van der Waals surface area contributed by atoms with E-state index in [2.05, 4.69) is 0 Å². The smallest absolute Gasteiger partial charge is 0.111 e. The summed E-state index contributed by atoms with van der Waals surface area (Å²) in [5.41, 5.74) is 0. The van der Waals surface area contributed by atoms with Crippen molar-refractivity contribution in [2.24, 2.45) is 0 Å². The molecule has 0 fully saturated rings. The van der Waals surface area contributed by atoms with Gasteiger partial charge in [0, 0.05) is 0 Å². The van der Waals surface area contributed by atoms with E-state index in [-0.39, 0.29) is 6.61 Å². The van der Waals surface area contributed by atoms with Gasteiger partial charge in [-0.3, -0.25) is 0 Å². The van der Waals surface area contributed by atoms with E-state index in [1.165, 1.54) is 0 Å². The van der Waals surface area contributed by atoms with E-state index in [9.17, 15) is 0 Å². The third kappa shape index (κ3) is 11.4. The van der Waals surface area contributed by atoms with Crippen LogP contribution in [-0.4, -0.2) is 44.7 Å². The highest BCUT2D eigenvalue weighted by Gasteiger charge is 1.88. The second-order valence-corrected chi connectivity index (χ2v) is 2.29. The summed E-state index contributed by atoms with van der Waals surface area (Å²) in [6, 6.07) is 0. The standard InChI is InChI=1S/C9H18O4/c1-2-4-11-6-8-13-9-7-12-5-3-10/h2,4,10H,3,5-9H2,1H3. The summed E-state index contributed by atoms with van der Waals surface area (Å²) in [4.78, 5) is 0. The van der Waals surface area contributed by atoms with E-state index in [1.54, 1.807) is 6.26 Å². The average Bonchev–Trinajstić information content (AvgIpc) is 2.16. The largest absolute Gasteiger partial charge is 0.499 e. The Hall–Kier alpha value is -0.580. The van der Waals surface area contributed by atoms with Gasteiger partial charge in [0.1, 0.15) is 6.61 Å². The summed E-state index contributed by atoms with van der Waals surface area (Å²) < 4.78 is 15.2. The number of ether oxygens (including phenoxy) is 3. The molecular weight excluding hydrogens is 172 g/mol. The van der Waals surface area contributed by atoms with Gasteiger partial charge in [0.2, 0.25) is 0 Å². The van der Waals surface area contributed by atoms with E-state index in [4.69, 9.17) is 19.3 Å². The van der Waals surface area contributed by atoms with Crippen LogP contribution in [0.2, 0.25) is 0 Å². The van der Waals surface area contributed by atoms with Crippen LogP contribution >= 0.6 is 0 Å². The van der Waals surface area contributed by atoms with Crippen molar-refractivity contribution >= 4 is 0 Å². The van der Waals surface area contributed by atoms with Crippen LogP contribution in [0.25, 0.3) is 0 Å². The molecule has 0 rings (SSSR count). The van der Waals surface area contributed by atoms with Crippen LogP contribution in [0, 0.1) is 0 Å². The number of rotatable bonds is 9. The second-order valence-electron chi connectivity index (χ2n) is 2.29. The first-order valence-electron chi connectivity index (χ1n) is 4.41. The molecule has 0 aromatic carbocycles. The molecule has 0 aliphatic rings. The van der Waals surface area contributed by atoms with Gasteiger partial charge >= 0.3 is 0 Å². The molecular formula is C9H18O4. The molecule has 4 heteroatoms. The van der Waals surface area contributed by atoms with E-state index in [0.29, 0.717) is 33.0 Å². The van der Waals surface area contributed by atoms with E-state index in [1.807, 2.05) is 13.0 Å². The SMILES string of the molecule is CC=COCCOCCOCCO. The van der Waals surface area contributed by atoms with Crippen molar-refractivity contribution in [2.75, 3.05) is 39.6 Å². The number of hydrogen-bond acceptors (Lipinski definition) is 4. The summed E-state index contributed by atoms with van der Waals surface area (Å²) in [5.74, 6) is 0. The van der Waals surface area contributed by atoms with Crippen LogP contribution in [0.5, 0.6) is 0 Å². The first-order chi connectivity index (χ1) is 6.41. The molecule has 13 heavy (non-hydrogen) atoms. The summed E-state index contributed by atoms with van der Waals surface area (Å²) >= 11 is 0. The summed E-state index contributed by atoms with van der Waals surface area (Å²) in [7, 11) is 0. The second kappa shape index (κ2) is 11.4. The van der Waals surface area contributed by atoms with E-state index in [0.717, 1.165) is 0 Å². The minimum absolute atomic E-state index is 0.0599. The lowest BCUT2D eigenvalue weighted by atomic mass is 10.7. The van der Waals surface area contributed by atoms with Crippen LogP contribution in [0.1, 0.15) is 6.92 Å². The van der Waals surface area contributed by atoms with Gasteiger partial charge in [-0.25, -0.2) is 0 Å². The fourth-order valence-corrected chi connectivity index (χ4v) is 0.658. The van der Waals surface area contributed by atoms with Gasteiger partial charge in [0.25, 0.3) is 0 Å². The maximum atomic E-state index is 8.37. The Balaban J connectivity index is 2.83. The third-order valence-electron chi connectivity index (χ3n) is 1.19. The van der Waals surface area contributed by atoms with Gasteiger partial charge in [-0.15, -0.1) is 0 Å². The average molecular weight is 190 g/mol. The lowest BCUT2D eigenvalue weighted by Gasteiger charge is -2.04. The zero-order chi connectivity index (χ0) is 9.78. The van der Waals surface area contributed by atoms with E-state index < -0.39 is 0 Å². The van der Waals surface area contributed by atoms with Gasteiger partial charge in [-0.05, 0) is 6.92 Å². The van der Waals surface area contributed by atoms with Crippen LogP contribution in [0.3, 0.4) is 0 Å². The Morgan fingerprint density at radius 1 is 1.00 bits per heavy atom. The molecule has 0 atom stereocenters. The van der Waals surface area contributed by atoms with Gasteiger partial charge in [-0.1, -0.05) is 6.08 Å². The zero-order valence-electron chi connectivity index (χ0n) is 8.07. The molecule has 0 heterocycles. The number of allylic oxidation sites excluding steroid dienone is 1. The first kappa shape index (κ1) is 12.4. The molecule has 0 aromatic heterocycles. The van der Waals surface area contributed by atoms with Crippen LogP contribution < -0.4 is 0 Å². The van der Waals surface area contributed by atoms with Crippen molar-refractivity contribution in [2.45, 2.75) is 6.92 Å². The predicted octanol–water partition coefficient (Wildman–Crippen LogP) is 0.562. The Morgan fingerprint density at radius 2 is 1.62 bits per heavy atom. The molecule has 0 aliphatic heterocycles. The molecule has 0 radical (unpaired) electrons. The summed E-state index contributed by atoms with van der Waals surface area (Å²) in [6.45, 7) is 4.51. The number of hydrogen-bond donors (Lipinski definition) is 1. The fraction of sp³-hybridized carbons (Fsp3) is 0.778. The Bertz CT molecular complexity index is 114. The Labute approximate surface area is 79.1 Å². The van der Waals surface area contributed by atoms with Crippen molar-refractivity contribution < 1.29 is 19.3 Å². The van der Waals surface area contributed by atoms with Crippen molar-refractivity contribution in [3.05, 3.63) is 12.3 Å². The predicted molar refractivity (Wildman–Crippen MR) is 49.5 cm³/mol. The molecule has 0 saturated heterocycles. The van der Waals surface area contributed by atoms with Gasteiger partial charge < -0.3 is 19.3 Å². The number of aliphatic hydroxyl groups is 1. The maximum absolute atomic E-state index is 8.37. The summed E-state index contributed by atoms with van der Waals surface area (Å²) in [5, 5.41) is 8.37. The highest BCUT2D eigenvalue weighted by molar-refractivity contribution is 4.64. The molecule has 4 nitrogen and oxygen atoms in total. The molecule has 0 saturated carbocycles. The number of aliphatic hydroxyl groups excluding tert-OH is 1. The van der Waals surface area contributed by atoms with E-state index >= 15 is 0 Å². The molecule has 78 valence electrons. The van der Waals surface area contributed by atoms with Gasteiger partial charge in [0.05, 0.1) is 39.3 Å². The molecule has 0 spiro atoms. The lowest BCUT2D eigenvalue weighted by Crippen LogP contribution is -2.09. The van der Waals surface area contributed by atoms with Crippen molar-refractivity contribution in [3.8, 4) is 0 Å². The molecule has 0 unspecified atom stereocenters. The van der Waals surface area contributed by atoms with Crippen LogP contribution in [0.15, 0.2) is 12.3 Å². The monoisotopic (exact) mass is 190 g/mol. The third-order valence-corrected chi connectivity index (χ3v) is 1.19. The lowest BCUT2D eigenvalue weighted by molar-refractivity contribution is 0.0203. The normalized spacial score (nSPS) is 10.9. The minimum Gasteiger partial charge on any atom is -0.499 e. The quantitative estimate of drug-likeness (QED) is 0.426. The van der Waals surface area contributed by atoms with Crippen LogP contribution in [0.4, 0.5) is 0 Å². The molecule has 0 bridgehead atoms. The summed E-state index contributed by atoms with van der Waals surface area (Å²) in [6.07, 6.45) is 3.45. The molecule has 1 N–H and O–H groups in total. The molecule has 0 amide bonds. The highest BCUT2D eigenvalue weighted by Crippen LogP contribution is 1.81. The molecule has 0 aliphatic carbocycles. The first-order valence-corrected chi connectivity index (χ1v) is 4.41. The molecule has 0 aromatic rings. The van der Waals surface area contributed by atoms with Crippen molar-refractivity contribution in [3.63, 3.8) is 0 Å². The topological polar surface area (TPSA) is 47.9 Å².